The number of ketones is 1. The van der Waals surface area contributed by atoms with Crippen molar-refractivity contribution in [2.75, 3.05) is 0 Å². The molecule has 2 nitrogen and oxygen atoms in total. The highest BCUT2D eigenvalue weighted by Gasteiger charge is 2.09. The topological polar surface area (TPSA) is 43.1 Å². The number of rotatable bonds is 3. The van der Waals surface area contributed by atoms with Crippen molar-refractivity contribution in [3.8, 4) is 0 Å². The van der Waals surface area contributed by atoms with Crippen LogP contribution in [0, 0.1) is 6.92 Å². The number of aryl methyl sites for hydroxylation is 1. The molecule has 12 heavy (non-hydrogen) atoms. The van der Waals surface area contributed by atoms with Crippen molar-refractivity contribution in [1.82, 2.24) is 0 Å². The van der Waals surface area contributed by atoms with Crippen LogP contribution in [0.15, 0.2) is 12.1 Å². The van der Waals surface area contributed by atoms with Crippen LogP contribution in [0.5, 0.6) is 0 Å². The van der Waals surface area contributed by atoms with Crippen LogP contribution in [0.25, 0.3) is 0 Å². The minimum atomic E-state index is -0.0418. The zero-order chi connectivity index (χ0) is 9.14. The summed E-state index contributed by atoms with van der Waals surface area (Å²) in [5.41, 5.74) is 5.52. The molecule has 0 fully saturated rings. The number of nitrogens with two attached hydrogens (primary N) is 1. The molecule has 1 rings (SSSR count). The maximum atomic E-state index is 11.4. The molecule has 0 aliphatic heterocycles. The summed E-state index contributed by atoms with van der Waals surface area (Å²) in [6.07, 6.45) is 0.444. The molecule has 1 heterocycles. The second kappa shape index (κ2) is 3.83. The standard InChI is InChI=1S/C9H13NOS/c1-6(10)5-8(11)9-4-3-7(2)12-9/h3-4,6H,5,10H2,1-2H3. The molecule has 1 atom stereocenters. The number of hydrogen-bond acceptors (Lipinski definition) is 3. The Bertz CT molecular complexity index is 278. The highest BCUT2D eigenvalue weighted by Crippen LogP contribution is 2.16. The molecule has 3 heteroatoms. The molecular weight excluding hydrogens is 170 g/mol. The van der Waals surface area contributed by atoms with Gasteiger partial charge in [0.1, 0.15) is 0 Å². The summed E-state index contributed by atoms with van der Waals surface area (Å²) < 4.78 is 0. The Hall–Kier alpha value is -0.670. The van der Waals surface area contributed by atoms with Gasteiger partial charge in [0, 0.05) is 17.3 Å². The van der Waals surface area contributed by atoms with Gasteiger partial charge in [-0.25, -0.2) is 0 Å². The van der Waals surface area contributed by atoms with Gasteiger partial charge in [-0.15, -0.1) is 11.3 Å². The highest BCUT2D eigenvalue weighted by molar-refractivity contribution is 7.14. The lowest BCUT2D eigenvalue weighted by Crippen LogP contribution is -2.19. The summed E-state index contributed by atoms with van der Waals surface area (Å²) in [6, 6.07) is 3.78. The van der Waals surface area contributed by atoms with Crippen LogP contribution in [0.2, 0.25) is 0 Å². The van der Waals surface area contributed by atoms with E-state index in [1.54, 1.807) is 0 Å². The maximum Gasteiger partial charge on any atom is 0.174 e. The lowest BCUT2D eigenvalue weighted by Gasteiger charge is -2.00. The molecule has 0 aromatic carbocycles. The Morgan fingerprint density at radius 2 is 2.33 bits per heavy atom. The second-order valence-corrected chi connectivity index (χ2v) is 4.30. The Morgan fingerprint density at radius 3 is 2.75 bits per heavy atom. The summed E-state index contributed by atoms with van der Waals surface area (Å²) in [6.45, 7) is 3.84. The van der Waals surface area contributed by atoms with E-state index in [-0.39, 0.29) is 11.8 Å². The fraction of sp³-hybridized carbons (Fsp3) is 0.444. The van der Waals surface area contributed by atoms with Crippen LogP contribution in [0.4, 0.5) is 0 Å². The third kappa shape index (κ3) is 2.43. The Morgan fingerprint density at radius 1 is 1.67 bits per heavy atom. The van der Waals surface area contributed by atoms with E-state index < -0.39 is 0 Å². The Kier molecular flexibility index (Phi) is 3.00. The maximum absolute atomic E-state index is 11.4. The average molecular weight is 183 g/mol. The van der Waals surface area contributed by atoms with Gasteiger partial charge in [-0.2, -0.15) is 0 Å². The van der Waals surface area contributed by atoms with Gasteiger partial charge in [-0.3, -0.25) is 4.79 Å². The summed E-state index contributed by atoms with van der Waals surface area (Å²) in [5.74, 6) is 0.156. The van der Waals surface area contributed by atoms with Crippen molar-refractivity contribution >= 4 is 17.1 Å². The van der Waals surface area contributed by atoms with Crippen molar-refractivity contribution < 1.29 is 4.79 Å². The molecule has 2 N–H and O–H groups in total. The van der Waals surface area contributed by atoms with Gasteiger partial charge >= 0.3 is 0 Å². The van der Waals surface area contributed by atoms with Gasteiger partial charge < -0.3 is 5.73 Å². The first-order chi connectivity index (χ1) is 5.59. The molecule has 66 valence electrons. The number of carbonyl (C=O) groups is 1. The van der Waals surface area contributed by atoms with Gasteiger partial charge in [0.2, 0.25) is 0 Å². The third-order valence-corrected chi connectivity index (χ3v) is 2.56. The molecule has 1 unspecified atom stereocenters. The predicted octanol–water partition coefficient (Wildman–Crippen LogP) is 1.98. The normalized spacial score (nSPS) is 12.9. The lowest BCUT2D eigenvalue weighted by molar-refractivity contribution is 0.0980. The Balaban J connectivity index is 2.65. The van der Waals surface area contributed by atoms with Crippen molar-refractivity contribution in [3.63, 3.8) is 0 Å². The first-order valence-electron chi connectivity index (χ1n) is 3.95. The molecule has 0 aliphatic carbocycles. The fourth-order valence-electron chi connectivity index (χ4n) is 0.977. The predicted molar refractivity (Wildman–Crippen MR) is 51.7 cm³/mol. The van der Waals surface area contributed by atoms with E-state index in [1.807, 2.05) is 26.0 Å². The highest BCUT2D eigenvalue weighted by atomic mass is 32.1. The smallest absolute Gasteiger partial charge is 0.174 e. The molecule has 0 amide bonds. The van der Waals surface area contributed by atoms with E-state index in [1.165, 1.54) is 16.2 Å². The minimum absolute atomic E-state index is 0.0418. The summed E-state index contributed by atoms with van der Waals surface area (Å²) >= 11 is 1.53. The minimum Gasteiger partial charge on any atom is -0.328 e. The summed E-state index contributed by atoms with van der Waals surface area (Å²) in [7, 11) is 0. The SMILES string of the molecule is Cc1ccc(C(=O)CC(C)N)s1. The second-order valence-electron chi connectivity index (χ2n) is 3.01. The molecule has 1 aromatic rings. The van der Waals surface area contributed by atoms with Crippen molar-refractivity contribution in [2.24, 2.45) is 5.73 Å². The number of thiophene rings is 1. The van der Waals surface area contributed by atoms with Crippen LogP contribution in [0.3, 0.4) is 0 Å². The van der Waals surface area contributed by atoms with Crippen molar-refractivity contribution in [2.45, 2.75) is 26.3 Å². The first-order valence-corrected chi connectivity index (χ1v) is 4.76. The molecule has 0 aliphatic rings. The van der Waals surface area contributed by atoms with E-state index in [0.29, 0.717) is 6.42 Å². The Labute approximate surface area is 76.4 Å². The zero-order valence-corrected chi connectivity index (χ0v) is 8.15. The van der Waals surface area contributed by atoms with E-state index in [9.17, 15) is 4.79 Å². The van der Waals surface area contributed by atoms with Crippen LogP contribution >= 0.6 is 11.3 Å². The van der Waals surface area contributed by atoms with E-state index >= 15 is 0 Å². The number of hydrogen-bond donors (Lipinski definition) is 1. The molecule has 0 radical (unpaired) electrons. The molecular formula is C9H13NOS. The van der Waals surface area contributed by atoms with Gasteiger partial charge in [-0.05, 0) is 26.0 Å². The fourth-order valence-corrected chi connectivity index (χ4v) is 1.79. The van der Waals surface area contributed by atoms with E-state index in [4.69, 9.17) is 5.73 Å². The van der Waals surface area contributed by atoms with E-state index in [2.05, 4.69) is 0 Å². The quantitative estimate of drug-likeness (QED) is 0.728. The third-order valence-electron chi connectivity index (χ3n) is 1.52. The number of Topliss-reactive ketones (excluding diaryl/α,β-unsaturated/α-hetero) is 1. The van der Waals surface area contributed by atoms with Gasteiger partial charge in [0.15, 0.2) is 5.78 Å². The van der Waals surface area contributed by atoms with Gasteiger partial charge in [-0.1, -0.05) is 0 Å². The van der Waals surface area contributed by atoms with Gasteiger partial charge in [0.05, 0.1) is 4.88 Å². The van der Waals surface area contributed by atoms with Crippen molar-refractivity contribution in [1.29, 1.82) is 0 Å². The van der Waals surface area contributed by atoms with E-state index in [0.717, 1.165) is 4.88 Å². The van der Waals surface area contributed by atoms with Gasteiger partial charge in [0.25, 0.3) is 0 Å². The lowest BCUT2D eigenvalue weighted by atomic mass is 10.1. The molecule has 0 bridgehead atoms. The first kappa shape index (κ1) is 9.42. The van der Waals surface area contributed by atoms with Crippen LogP contribution in [0.1, 0.15) is 27.9 Å². The largest absolute Gasteiger partial charge is 0.328 e. The molecule has 1 aromatic heterocycles. The van der Waals surface area contributed by atoms with Crippen LogP contribution < -0.4 is 5.73 Å². The summed E-state index contributed by atoms with van der Waals surface area (Å²) in [5, 5.41) is 0. The van der Waals surface area contributed by atoms with Crippen LogP contribution in [-0.2, 0) is 0 Å². The van der Waals surface area contributed by atoms with Crippen LogP contribution in [-0.4, -0.2) is 11.8 Å². The number of carbonyl (C=O) groups excluding carboxylic acids is 1. The molecule has 0 saturated heterocycles. The molecule has 0 saturated carbocycles. The monoisotopic (exact) mass is 183 g/mol. The molecule has 0 spiro atoms. The summed E-state index contributed by atoms with van der Waals surface area (Å²) in [4.78, 5) is 13.4. The van der Waals surface area contributed by atoms with Crippen molar-refractivity contribution in [3.05, 3.63) is 21.9 Å². The zero-order valence-electron chi connectivity index (χ0n) is 7.33. The average Bonchev–Trinajstić information content (AvgIpc) is 2.34.